The Balaban J connectivity index is 1.50. The molecule has 0 saturated carbocycles. The molecule has 0 amide bonds. The Morgan fingerprint density at radius 2 is 1.86 bits per heavy atom. The lowest BCUT2D eigenvalue weighted by atomic mass is 10.2. The van der Waals surface area contributed by atoms with Gasteiger partial charge in [0.25, 0.3) is 5.56 Å². The second-order valence-electron chi connectivity index (χ2n) is 6.63. The summed E-state index contributed by atoms with van der Waals surface area (Å²) in [6.07, 6.45) is 0.882. The van der Waals surface area contributed by atoms with Crippen LogP contribution in [0.4, 0.5) is 0 Å². The number of thiophene rings is 1. The molecule has 0 saturated heterocycles. The first-order valence-electron chi connectivity index (χ1n) is 9.36. The number of hydrogen-bond acceptors (Lipinski definition) is 6. The van der Waals surface area contributed by atoms with Gasteiger partial charge in [-0.1, -0.05) is 36.0 Å². The Hall–Kier alpha value is -2.77. The third kappa shape index (κ3) is 3.63. The lowest BCUT2D eigenvalue weighted by Crippen LogP contribution is -2.20. The zero-order chi connectivity index (χ0) is 19.6. The molecule has 2 aromatic heterocycles. The van der Waals surface area contributed by atoms with Gasteiger partial charge in [0, 0.05) is 12.2 Å². The van der Waals surface area contributed by atoms with Crippen LogP contribution in [0.1, 0.15) is 12.0 Å². The van der Waals surface area contributed by atoms with Crippen LogP contribution in [0.15, 0.2) is 69.9 Å². The van der Waals surface area contributed by atoms with Crippen molar-refractivity contribution < 1.29 is 9.47 Å². The van der Waals surface area contributed by atoms with E-state index in [4.69, 9.17) is 14.5 Å². The number of rotatable bonds is 4. The quantitative estimate of drug-likeness (QED) is 0.346. The van der Waals surface area contributed by atoms with E-state index in [0.717, 1.165) is 34.7 Å². The molecule has 0 aliphatic carbocycles. The number of hydrogen-bond donors (Lipinski definition) is 0. The molecule has 3 heterocycles. The maximum atomic E-state index is 13.1. The van der Waals surface area contributed by atoms with Crippen molar-refractivity contribution >= 4 is 33.3 Å². The van der Waals surface area contributed by atoms with Crippen LogP contribution >= 0.6 is 23.1 Å². The average molecular weight is 423 g/mol. The van der Waals surface area contributed by atoms with Gasteiger partial charge in [-0.2, -0.15) is 0 Å². The van der Waals surface area contributed by atoms with Crippen LogP contribution < -0.4 is 15.0 Å². The van der Waals surface area contributed by atoms with Crippen LogP contribution in [0.3, 0.4) is 0 Å². The van der Waals surface area contributed by atoms with Crippen LogP contribution in [0.5, 0.6) is 11.5 Å². The van der Waals surface area contributed by atoms with Gasteiger partial charge in [0.2, 0.25) is 0 Å². The first-order chi connectivity index (χ1) is 14.3. The minimum atomic E-state index is -0.0302. The van der Waals surface area contributed by atoms with E-state index in [1.165, 1.54) is 11.3 Å². The Kier molecular flexibility index (Phi) is 4.99. The highest BCUT2D eigenvalue weighted by atomic mass is 32.2. The predicted molar refractivity (Wildman–Crippen MR) is 117 cm³/mol. The van der Waals surface area contributed by atoms with Gasteiger partial charge in [0.1, 0.15) is 4.70 Å². The lowest BCUT2D eigenvalue weighted by molar-refractivity contribution is 0.297. The van der Waals surface area contributed by atoms with Crippen LogP contribution in [0.2, 0.25) is 0 Å². The van der Waals surface area contributed by atoms with Crippen molar-refractivity contribution in [2.45, 2.75) is 17.3 Å². The molecule has 0 N–H and O–H groups in total. The van der Waals surface area contributed by atoms with Crippen LogP contribution in [0, 0.1) is 0 Å². The van der Waals surface area contributed by atoms with Crippen molar-refractivity contribution in [3.05, 3.63) is 75.9 Å². The third-order valence-electron chi connectivity index (χ3n) is 4.64. The molecule has 1 aliphatic heterocycles. The highest BCUT2D eigenvalue weighted by molar-refractivity contribution is 7.98. The molecule has 29 heavy (non-hydrogen) atoms. The fraction of sp³-hybridized carbons (Fsp3) is 0.182. The van der Waals surface area contributed by atoms with E-state index < -0.39 is 0 Å². The maximum Gasteiger partial charge on any atom is 0.276 e. The van der Waals surface area contributed by atoms with Gasteiger partial charge in [-0.3, -0.25) is 9.36 Å². The predicted octanol–water partition coefficient (Wildman–Crippen LogP) is 4.90. The Morgan fingerprint density at radius 1 is 1.03 bits per heavy atom. The van der Waals surface area contributed by atoms with Crippen molar-refractivity contribution in [2.75, 3.05) is 13.2 Å². The monoisotopic (exact) mass is 422 g/mol. The molecular formula is C22H18N2O3S2. The number of ether oxygens (including phenoxy) is 2. The van der Waals surface area contributed by atoms with E-state index >= 15 is 0 Å². The summed E-state index contributed by atoms with van der Waals surface area (Å²) in [7, 11) is 0. The highest BCUT2D eigenvalue weighted by Gasteiger charge is 2.15. The number of para-hydroxylation sites is 1. The zero-order valence-corrected chi connectivity index (χ0v) is 17.2. The second kappa shape index (κ2) is 7.93. The first kappa shape index (κ1) is 18.3. The topological polar surface area (TPSA) is 53.4 Å². The average Bonchev–Trinajstić information content (AvgIpc) is 3.10. The summed E-state index contributed by atoms with van der Waals surface area (Å²) in [6.45, 7) is 1.34. The summed E-state index contributed by atoms with van der Waals surface area (Å²) >= 11 is 2.97. The van der Waals surface area contributed by atoms with E-state index in [2.05, 4.69) is 0 Å². The molecule has 5 rings (SSSR count). The molecule has 5 nitrogen and oxygen atoms in total. The van der Waals surface area contributed by atoms with Crippen molar-refractivity contribution in [2.24, 2.45) is 0 Å². The van der Waals surface area contributed by atoms with Gasteiger partial charge in [-0.25, -0.2) is 4.98 Å². The van der Waals surface area contributed by atoms with Gasteiger partial charge < -0.3 is 9.47 Å². The molecular weight excluding hydrogens is 404 g/mol. The molecule has 146 valence electrons. The molecule has 0 fully saturated rings. The summed E-state index contributed by atoms with van der Waals surface area (Å²) < 4.78 is 13.9. The SMILES string of the molecule is O=c1c2sccc2nc(SCc2ccc3c(c2)OCCCO3)n1-c1ccccc1. The van der Waals surface area contributed by atoms with E-state index in [9.17, 15) is 4.79 Å². The summed E-state index contributed by atoms with van der Waals surface area (Å²) in [5.74, 6) is 2.24. The third-order valence-corrected chi connectivity index (χ3v) is 6.54. The van der Waals surface area contributed by atoms with Crippen LogP contribution in [0.25, 0.3) is 15.9 Å². The number of benzene rings is 2. The minimum absolute atomic E-state index is 0.0302. The smallest absolute Gasteiger partial charge is 0.276 e. The minimum Gasteiger partial charge on any atom is -0.490 e. The van der Waals surface area contributed by atoms with Crippen molar-refractivity contribution in [1.29, 1.82) is 0 Å². The van der Waals surface area contributed by atoms with Crippen molar-refractivity contribution in [3.63, 3.8) is 0 Å². The largest absolute Gasteiger partial charge is 0.490 e. The molecule has 1 aliphatic rings. The normalized spacial score (nSPS) is 13.4. The number of thioether (sulfide) groups is 1. The first-order valence-corrected chi connectivity index (χ1v) is 11.2. The molecule has 0 radical (unpaired) electrons. The summed E-state index contributed by atoms with van der Waals surface area (Å²) in [5, 5.41) is 2.59. The molecule has 0 unspecified atom stereocenters. The maximum absolute atomic E-state index is 13.1. The lowest BCUT2D eigenvalue weighted by Gasteiger charge is -2.13. The van der Waals surface area contributed by atoms with E-state index in [0.29, 0.717) is 28.8 Å². The summed E-state index contributed by atoms with van der Waals surface area (Å²) in [6, 6.07) is 17.6. The van der Waals surface area contributed by atoms with E-state index in [-0.39, 0.29) is 5.56 Å². The molecule has 4 aromatic rings. The second-order valence-corrected chi connectivity index (χ2v) is 8.48. The molecule has 0 atom stereocenters. The summed E-state index contributed by atoms with van der Waals surface area (Å²) in [4.78, 5) is 17.9. The van der Waals surface area contributed by atoms with Gasteiger partial charge in [-0.05, 0) is 41.3 Å². The number of aromatic nitrogens is 2. The molecule has 0 bridgehead atoms. The Labute approximate surface area is 175 Å². The van der Waals surface area contributed by atoms with Crippen LogP contribution in [-0.4, -0.2) is 22.8 Å². The summed E-state index contributed by atoms with van der Waals surface area (Å²) in [5.41, 5.74) is 2.63. The van der Waals surface area contributed by atoms with Crippen molar-refractivity contribution in [1.82, 2.24) is 9.55 Å². The van der Waals surface area contributed by atoms with E-state index in [1.807, 2.05) is 60.0 Å². The molecule has 7 heteroatoms. The Morgan fingerprint density at radius 3 is 2.72 bits per heavy atom. The standard InChI is InChI=1S/C22H18N2O3S2/c25-21-20-17(9-12-28-20)23-22(24(21)16-5-2-1-3-6-16)29-14-15-7-8-18-19(13-15)27-11-4-10-26-18/h1-3,5-9,12-13H,4,10-11,14H2. The molecule has 2 aromatic carbocycles. The fourth-order valence-corrected chi connectivity index (χ4v) is 4.95. The van der Waals surface area contributed by atoms with Crippen molar-refractivity contribution in [3.8, 4) is 17.2 Å². The van der Waals surface area contributed by atoms with E-state index in [1.54, 1.807) is 16.3 Å². The molecule has 0 spiro atoms. The van der Waals surface area contributed by atoms with Gasteiger partial charge >= 0.3 is 0 Å². The Bertz CT molecular complexity index is 1220. The highest BCUT2D eigenvalue weighted by Crippen LogP contribution is 2.33. The fourth-order valence-electron chi connectivity index (χ4n) is 3.24. The van der Waals surface area contributed by atoms with Crippen LogP contribution in [-0.2, 0) is 5.75 Å². The zero-order valence-electron chi connectivity index (χ0n) is 15.5. The van der Waals surface area contributed by atoms with Gasteiger partial charge in [-0.15, -0.1) is 11.3 Å². The number of nitrogens with zero attached hydrogens (tertiary/aromatic N) is 2. The van der Waals surface area contributed by atoms with Gasteiger partial charge in [0.15, 0.2) is 16.7 Å². The van der Waals surface area contributed by atoms with Gasteiger partial charge in [0.05, 0.1) is 24.4 Å². The number of fused-ring (bicyclic) bond motifs is 2.